The lowest BCUT2D eigenvalue weighted by atomic mass is 9.82. The van der Waals surface area contributed by atoms with Gasteiger partial charge >= 0.3 is 0 Å². The minimum Gasteiger partial charge on any atom is -0.456 e. The van der Waals surface area contributed by atoms with Crippen LogP contribution in [0.4, 0.5) is 0 Å². The third-order valence-electron chi connectivity index (χ3n) is 10.8. The van der Waals surface area contributed by atoms with Crippen LogP contribution in [0.3, 0.4) is 0 Å². The highest BCUT2D eigenvalue weighted by Crippen LogP contribution is 2.48. The van der Waals surface area contributed by atoms with Gasteiger partial charge in [0, 0.05) is 10.8 Å². The van der Waals surface area contributed by atoms with Gasteiger partial charge in [0.05, 0.1) is 0 Å². The Labute approximate surface area is 283 Å². The smallest absolute Gasteiger partial charge is 0.136 e. The second kappa shape index (κ2) is 10.2. The van der Waals surface area contributed by atoms with Crippen molar-refractivity contribution in [2.45, 2.75) is 12.8 Å². The van der Waals surface area contributed by atoms with E-state index in [0.717, 1.165) is 23.8 Å². The SMILES string of the molecule is C1=c2oc3cccc4c(-c5c6ccccc6c(-c6cccc7cc(-c8ccc9ccccc9c8)ccc67)c6ccccc56)cc(c2c34)CC1. The maximum Gasteiger partial charge on any atom is 0.136 e. The molecule has 11 rings (SSSR count). The van der Waals surface area contributed by atoms with Gasteiger partial charge < -0.3 is 4.42 Å². The molecule has 9 aromatic carbocycles. The number of benzene rings is 9. The van der Waals surface area contributed by atoms with Crippen LogP contribution in [-0.2, 0) is 6.42 Å². The van der Waals surface area contributed by atoms with Crippen molar-refractivity contribution in [1.82, 2.24) is 0 Å². The maximum atomic E-state index is 6.40. The molecule has 1 heterocycles. The molecule has 0 aliphatic heterocycles. The van der Waals surface area contributed by atoms with Crippen molar-refractivity contribution in [3.8, 4) is 33.4 Å². The van der Waals surface area contributed by atoms with Gasteiger partial charge in [-0.15, -0.1) is 0 Å². The van der Waals surface area contributed by atoms with Crippen molar-refractivity contribution in [2.75, 3.05) is 0 Å². The fraction of sp³-hybridized carbons (Fsp3) is 0.0417. The molecule has 0 radical (unpaired) electrons. The number of hydrogen-bond acceptors (Lipinski definition) is 1. The average Bonchev–Trinajstić information content (AvgIpc) is 3.55. The molecule has 0 N–H and O–H groups in total. The first kappa shape index (κ1) is 26.8. The summed E-state index contributed by atoms with van der Waals surface area (Å²) in [5, 5.41) is 14.0. The first-order valence-corrected chi connectivity index (χ1v) is 17.2. The molecule has 1 aliphatic carbocycles. The minimum absolute atomic E-state index is 0.979. The van der Waals surface area contributed by atoms with Gasteiger partial charge in [0.2, 0.25) is 0 Å². The molecule has 228 valence electrons. The van der Waals surface area contributed by atoms with Crippen molar-refractivity contribution >= 4 is 70.9 Å². The lowest BCUT2D eigenvalue weighted by molar-refractivity contribution is 0.579. The number of furan rings is 1. The van der Waals surface area contributed by atoms with Gasteiger partial charge in [0.25, 0.3) is 0 Å². The van der Waals surface area contributed by atoms with E-state index in [1.54, 1.807) is 0 Å². The van der Waals surface area contributed by atoms with Crippen LogP contribution in [0.5, 0.6) is 0 Å². The van der Waals surface area contributed by atoms with Crippen LogP contribution >= 0.6 is 0 Å². The van der Waals surface area contributed by atoms with Crippen LogP contribution in [0.25, 0.3) is 104 Å². The fourth-order valence-electron chi connectivity index (χ4n) is 8.70. The molecule has 0 saturated carbocycles. The fourth-order valence-corrected chi connectivity index (χ4v) is 8.70. The Kier molecular flexibility index (Phi) is 5.57. The van der Waals surface area contributed by atoms with Crippen LogP contribution in [-0.4, -0.2) is 0 Å². The Hall–Kier alpha value is -6.18. The van der Waals surface area contributed by atoms with E-state index in [0.29, 0.717) is 0 Å². The summed E-state index contributed by atoms with van der Waals surface area (Å²) in [6.07, 6.45) is 4.30. The normalized spacial score (nSPS) is 12.9. The molecule has 0 bridgehead atoms. The Balaban J connectivity index is 1.19. The molecule has 0 saturated heterocycles. The van der Waals surface area contributed by atoms with Crippen LogP contribution in [0.2, 0.25) is 0 Å². The molecule has 1 aromatic heterocycles. The number of rotatable bonds is 3. The van der Waals surface area contributed by atoms with E-state index >= 15 is 0 Å². The largest absolute Gasteiger partial charge is 0.456 e. The number of hydrogen-bond donors (Lipinski definition) is 0. The zero-order valence-corrected chi connectivity index (χ0v) is 26.8. The summed E-state index contributed by atoms with van der Waals surface area (Å²) >= 11 is 0. The molecule has 10 aromatic rings. The van der Waals surface area contributed by atoms with Crippen molar-refractivity contribution < 1.29 is 4.42 Å². The third-order valence-corrected chi connectivity index (χ3v) is 10.8. The summed E-state index contributed by atoms with van der Waals surface area (Å²) in [7, 11) is 0. The second-order valence-electron chi connectivity index (χ2n) is 13.5. The first-order chi connectivity index (χ1) is 24.3. The van der Waals surface area contributed by atoms with E-state index < -0.39 is 0 Å². The molecule has 49 heavy (non-hydrogen) atoms. The molecule has 0 fully saturated rings. The second-order valence-corrected chi connectivity index (χ2v) is 13.5. The molecular formula is C48H30O. The summed E-state index contributed by atoms with van der Waals surface area (Å²) in [6, 6.07) is 56.1. The van der Waals surface area contributed by atoms with E-state index in [9.17, 15) is 0 Å². The highest BCUT2D eigenvalue weighted by Gasteiger charge is 2.23. The van der Waals surface area contributed by atoms with Crippen molar-refractivity contribution in [2.24, 2.45) is 0 Å². The Morgan fingerprint density at radius 2 is 1.02 bits per heavy atom. The number of aryl methyl sites for hydroxylation is 1. The van der Waals surface area contributed by atoms with Crippen LogP contribution < -0.4 is 5.42 Å². The monoisotopic (exact) mass is 622 g/mol. The van der Waals surface area contributed by atoms with Crippen LogP contribution in [0.1, 0.15) is 12.0 Å². The van der Waals surface area contributed by atoms with Gasteiger partial charge in [-0.1, -0.05) is 127 Å². The van der Waals surface area contributed by atoms with E-state index in [1.165, 1.54) is 98.2 Å². The Bertz CT molecular complexity index is 2990. The maximum absolute atomic E-state index is 6.40. The molecular weight excluding hydrogens is 593 g/mol. The molecule has 0 unspecified atom stereocenters. The molecule has 1 nitrogen and oxygen atoms in total. The van der Waals surface area contributed by atoms with Gasteiger partial charge in [-0.3, -0.25) is 0 Å². The van der Waals surface area contributed by atoms with Crippen LogP contribution in [0.15, 0.2) is 156 Å². The van der Waals surface area contributed by atoms with E-state index in [4.69, 9.17) is 4.42 Å². The third kappa shape index (κ3) is 3.87. The molecule has 1 aliphatic rings. The summed E-state index contributed by atoms with van der Waals surface area (Å²) in [5.41, 5.74) is 11.0. The average molecular weight is 623 g/mol. The molecule has 0 spiro atoms. The summed E-state index contributed by atoms with van der Waals surface area (Å²) in [5.74, 6) is 0. The predicted molar refractivity (Wildman–Crippen MR) is 208 cm³/mol. The van der Waals surface area contributed by atoms with Gasteiger partial charge in [0.15, 0.2) is 0 Å². The molecule has 1 heteroatoms. The Morgan fingerprint density at radius 3 is 1.80 bits per heavy atom. The lowest BCUT2D eigenvalue weighted by Crippen LogP contribution is -2.05. The molecule has 0 amide bonds. The first-order valence-electron chi connectivity index (χ1n) is 17.2. The van der Waals surface area contributed by atoms with Gasteiger partial charge in [0.1, 0.15) is 11.0 Å². The van der Waals surface area contributed by atoms with Gasteiger partial charge in [-0.05, 0) is 131 Å². The standard InChI is InChI=1S/C48H30O/c1-2-11-30-26-31(23-22-29(30)10-1)32-24-25-35-33(27-32)12-7-18-36(35)46-37-14-3-5-16-39(37)47(40-17-6-4-15-38(40)46)42-28-34-13-8-20-43-45(34)48-41(42)19-9-21-44(48)49-43/h1-7,9-12,14-28H,8,13H2. The van der Waals surface area contributed by atoms with Crippen LogP contribution in [0, 0.1) is 0 Å². The zero-order chi connectivity index (χ0) is 32.1. The van der Waals surface area contributed by atoms with Crippen molar-refractivity contribution in [3.63, 3.8) is 0 Å². The van der Waals surface area contributed by atoms with Gasteiger partial charge in [-0.25, -0.2) is 0 Å². The quantitative estimate of drug-likeness (QED) is 0.179. The lowest BCUT2D eigenvalue weighted by Gasteiger charge is -2.20. The predicted octanol–water partition coefficient (Wildman–Crippen LogP) is 12.6. The van der Waals surface area contributed by atoms with Crippen molar-refractivity contribution in [1.29, 1.82) is 0 Å². The van der Waals surface area contributed by atoms with E-state index in [2.05, 4.69) is 158 Å². The summed E-state index contributed by atoms with van der Waals surface area (Å²) < 4.78 is 6.40. The summed E-state index contributed by atoms with van der Waals surface area (Å²) in [4.78, 5) is 0. The minimum atomic E-state index is 0.979. The van der Waals surface area contributed by atoms with Gasteiger partial charge in [-0.2, -0.15) is 0 Å². The van der Waals surface area contributed by atoms with E-state index in [-0.39, 0.29) is 0 Å². The molecule has 0 atom stereocenters. The zero-order valence-electron chi connectivity index (χ0n) is 26.8. The Morgan fingerprint density at radius 1 is 0.408 bits per heavy atom. The number of fused-ring (bicyclic) bond motifs is 4. The summed E-state index contributed by atoms with van der Waals surface area (Å²) in [6.45, 7) is 0. The van der Waals surface area contributed by atoms with E-state index in [1.807, 2.05) is 0 Å². The topological polar surface area (TPSA) is 13.1 Å². The highest BCUT2D eigenvalue weighted by molar-refractivity contribution is 6.27. The van der Waals surface area contributed by atoms with Crippen molar-refractivity contribution in [3.05, 3.63) is 163 Å². The highest BCUT2D eigenvalue weighted by atomic mass is 16.3.